The number of pyridine rings is 2. The molecule has 0 N–H and O–H groups in total. The zero-order valence-corrected chi connectivity index (χ0v) is 18.5. The molecule has 0 atom stereocenters. The summed E-state index contributed by atoms with van der Waals surface area (Å²) in [4.78, 5) is 13.6. The molecule has 2 aromatic heterocycles. The summed E-state index contributed by atoms with van der Waals surface area (Å²) >= 11 is 0. The zero-order valence-electron chi connectivity index (χ0n) is 17.7. The molecular formula is C26H30N2S. The number of benzene rings is 2. The number of aromatic nitrogens is 2. The lowest BCUT2D eigenvalue weighted by molar-refractivity contribution is 1.18. The zero-order chi connectivity index (χ0) is 21.0. The summed E-state index contributed by atoms with van der Waals surface area (Å²) < 4.78 is 0. The molecule has 4 aromatic rings. The summed E-state index contributed by atoms with van der Waals surface area (Å²) in [6, 6.07) is 30.0. The molecule has 0 aliphatic heterocycles. The van der Waals surface area contributed by atoms with E-state index in [4.69, 9.17) is 0 Å². The van der Waals surface area contributed by atoms with E-state index < -0.39 is 10.0 Å². The van der Waals surface area contributed by atoms with E-state index in [0.717, 1.165) is 0 Å². The first-order valence-corrected chi connectivity index (χ1v) is 11.8. The lowest BCUT2D eigenvalue weighted by Crippen LogP contribution is -2.05. The van der Waals surface area contributed by atoms with E-state index in [-0.39, 0.29) is 0 Å². The quantitative estimate of drug-likeness (QED) is 0.347. The minimum atomic E-state index is -1.59. The molecule has 0 saturated heterocycles. The Bertz CT molecular complexity index is 764. The van der Waals surface area contributed by atoms with Crippen molar-refractivity contribution in [3.8, 4) is 0 Å². The highest BCUT2D eigenvalue weighted by Gasteiger charge is 2.32. The van der Waals surface area contributed by atoms with Crippen LogP contribution in [-0.2, 0) is 0 Å². The first-order valence-electron chi connectivity index (χ1n) is 10.2. The van der Waals surface area contributed by atoms with Gasteiger partial charge in [0.15, 0.2) is 0 Å². The van der Waals surface area contributed by atoms with E-state index in [2.05, 4.69) is 94.9 Å². The van der Waals surface area contributed by atoms with Gasteiger partial charge >= 0.3 is 0 Å². The van der Waals surface area contributed by atoms with Gasteiger partial charge in [0, 0.05) is 44.4 Å². The third-order valence-corrected chi connectivity index (χ3v) is 8.12. The smallest absolute Gasteiger partial charge is 0.0278 e. The van der Waals surface area contributed by atoms with Crippen molar-refractivity contribution in [2.45, 2.75) is 47.3 Å². The van der Waals surface area contributed by atoms with Crippen molar-refractivity contribution in [2.24, 2.45) is 0 Å². The summed E-state index contributed by atoms with van der Waals surface area (Å²) in [6.07, 6.45) is 7.52. The van der Waals surface area contributed by atoms with Crippen molar-refractivity contribution >= 4 is 10.0 Å². The van der Waals surface area contributed by atoms with Crippen LogP contribution in [0, 0.1) is 0 Å². The summed E-state index contributed by atoms with van der Waals surface area (Å²) in [5, 5.41) is 0. The van der Waals surface area contributed by atoms with Crippen LogP contribution < -0.4 is 0 Å². The molecule has 0 fully saturated rings. The minimum Gasteiger partial charge on any atom is -0.265 e. The van der Waals surface area contributed by atoms with Gasteiger partial charge in [-0.05, 0) is 48.5 Å². The van der Waals surface area contributed by atoms with Gasteiger partial charge in [0.2, 0.25) is 0 Å². The van der Waals surface area contributed by atoms with Gasteiger partial charge in [0.25, 0.3) is 0 Å². The van der Waals surface area contributed by atoms with Crippen LogP contribution in [0.3, 0.4) is 0 Å². The van der Waals surface area contributed by atoms with Crippen molar-refractivity contribution in [1.29, 1.82) is 0 Å². The second-order valence-electron chi connectivity index (χ2n) is 5.60. The van der Waals surface area contributed by atoms with Crippen molar-refractivity contribution in [1.82, 2.24) is 9.97 Å². The molecule has 0 amide bonds. The molecule has 0 spiro atoms. The van der Waals surface area contributed by atoms with Gasteiger partial charge < -0.3 is 0 Å². The highest BCUT2D eigenvalue weighted by atomic mass is 32.3. The van der Waals surface area contributed by atoms with Crippen molar-refractivity contribution in [2.75, 3.05) is 0 Å². The van der Waals surface area contributed by atoms with Crippen LogP contribution in [0.4, 0.5) is 0 Å². The largest absolute Gasteiger partial charge is 0.265 e. The predicted molar refractivity (Wildman–Crippen MR) is 125 cm³/mol. The molecule has 0 aliphatic rings. The molecule has 2 nitrogen and oxygen atoms in total. The number of hydrogen-bond acceptors (Lipinski definition) is 2. The SMILES string of the molecule is CC.CC.c1ccc(S(c2ccccc2)(c2ccncc2)c2ccncc2)cc1. The van der Waals surface area contributed by atoms with Crippen LogP contribution >= 0.6 is 10.0 Å². The maximum Gasteiger partial charge on any atom is 0.0278 e. The highest BCUT2D eigenvalue weighted by molar-refractivity contribution is 8.34. The van der Waals surface area contributed by atoms with Crippen molar-refractivity contribution < 1.29 is 0 Å². The molecule has 2 aromatic carbocycles. The predicted octanol–water partition coefficient (Wildman–Crippen LogP) is 7.87. The normalized spacial score (nSPS) is 10.6. The molecule has 3 heteroatoms. The maximum atomic E-state index is 4.24. The maximum absolute atomic E-state index is 4.24. The summed E-state index contributed by atoms with van der Waals surface area (Å²) in [7, 11) is -1.59. The van der Waals surface area contributed by atoms with Gasteiger partial charge in [-0.1, -0.05) is 64.1 Å². The molecule has 0 saturated carbocycles. The van der Waals surface area contributed by atoms with Crippen LogP contribution in [0.1, 0.15) is 27.7 Å². The summed E-state index contributed by atoms with van der Waals surface area (Å²) in [5.74, 6) is 0. The summed E-state index contributed by atoms with van der Waals surface area (Å²) in [5.41, 5.74) is 0. The number of hydrogen-bond donors (Lipinski definition) is 0. The molecule has 0 aliphatic carbocycles. The molecule has 2 heterocycles. The van der Waals surface area contributed by atoms with Crippen LogP contribution in [0.15, 0.2) is 129 Å². The molecule has 29 heavy (non-hydrogen) atoms. The number of rotatable bonds is 4. The van der Waals surface area contributed by atoms with Gasteiger partial charge in [-0.2, -0.15) is 0 Å². The minimum absolute atomic E-state index is 1.27. The van der Waals surface area contributed by atoms with Gasteiger partial charge in [-0.25, -0.2) is 0 Å². The second-order valence-corrected chi connectivity index (χ2v) is 8.71. The summed E-state index contributed by atoms with van der Waals surface area (Å²) in [6.45, 7) is 8.00. The molecule has 0 bridgehead atoms. The van der Waals surface area contributed by atoms with E-state index in [1.54, 1.807) is 0 Å². The Labute approximate surface area is 177 Å². The second kappa shape index (κ2) is 11.8. The highest BCUT2D eigenvalue weighted by Crippen LogP contribution is 2.73. The lowest BCUT2D eigenvalue weighted by Gasteiger charge is -2.41. The standard InChI is InChI=1S/C22H18N2S.2C2H6/c1-3-7-19(8-4-1)25(20-9-5-2-6-10-20,21-11-15-23-16-12-21)22-13-17-24-18-14-22;2*1-2/h1-18H;2*1-2H3. The van der Waals surface area contributed by atoms with Gasteiger partial charge in [0.1, 0.15) is 0 Å². The van der Waals surface area contributed by atoms with E-state index in [0.29, 0.717) is 0 Å². The number of nitrogens with zero attached hydrogens (tertiary/aromatic N) is 2. The van der Waals surface area contributed by atoms with Crippen LogP contribution in [0.5, 0.6) is 0 Å². The molecular weight excluding hydrogens is 372 g/mol. The fourth-order valence-corrected chi connectivity index (χ4v) is 6.97. The van der Waals surface area contributed by atoms with Gasteiger partial charge in [0.05, 0.1) is 0 Å². The third kappa shape index (κ3) is 4.75. The van der Waals surface area contributed by atoms with Crippen LogP contribution in [-0.4, -0.2) is 9.97 Å². The fraction of sp³-hybridized carbons (Fsp3) is 0.154. The molecule has 4 rings (SSSR count). The Balaban J connectivity index is 0.000000707. The third-order valence-electron chi connectivity index (χ3n) is 4.20. The molecule has 0 unspecified atom stereocenters. The Morgan fingerprint density at radius 2 is 0.690 bits per heavy atom. The van der Waals surface area contributed by atoms with E-state index in [1.807, 2.05) is 52.5 Å². The average Bonchev–Trinajstić information content (AvgIpc) is 2.85. The van der Waals surface area contributed by atoms with Crippen LogP contribution in [0.2, 0.25) is 0 Å². The monoisotopic (exact) mass is 402 g/mol. The lowest BCUT2D eigenvalue weighted by atomic mass is 10.4. The van der Waals surface area contributed by atoms with E-state index >= 15 is 0 Å². The Morgan fingerprint density at radius 3 is 1.00 bits per heavy atom. The first kappa shape index (κ1) is 22.4. The van der Waals surface area contributed by atoms with Gasteiger partial charge in [-0.15, -0.1) is 10.0 Å². The van der Waals surface area contributed by atoms with Crippen molar-refractivity contribution in [3.63, 3.8) is 0 Å². The molecule has 0 radical (unpaired) electrons. The first-order chi connectivity index (χ1) is 14.4. The Kier molecular flexibility index (Phi) is 9.13. The van der Waals surface area contributed by atoms with Gasteiger partial charge in [-0.3, -0.25) is 9.97 Å². The van der Waals surface area contributed by atoms with Crippen LogP contribution in [0.25, 0.3) is 0 Å². The topological polar surface area (TPSA) is 25.8 Å². The Morgan fingerprint density at radius 1 is 0.414 bits per heavy atom. The average molecular weight is 403 g/mol. The van der Waals surface area contributed by atoms with E-state index in [9.17, 15) is 0 Å². The van der Waals surface area contributed by atoms with E-state index in [1.165, 1.54) is 19.6 Å². The Hall–Kier alpha value is -2.91. The fourth-order valence-electron chi connectivity index (χ4n) is 3.15. The molecule has 150 valence electrons. The van der Waals surface area contributed by atoms with Crippen molar-refractivity contribution in [3.05, 3.63) is 110 Å².